The molecule has 0 unspecified atom stereocenters. The number of hydrogen-bond donors (Lipinski definition) is 2. The maximum atomic E-state index is 14.2. The monoisotopic (exact) mass is 442 g/mol. The van der Waals surface area contributed by atoms with E-state index < -0.39 is 24.3 Å². The number of anilines is 1. The van der Waals surface area contributed by atoms with Crippen molar-refractivity contribution in [3.63, 3.8) is 0 Å². The third-order valence-corrected chi connectivity index (χ3v) is 4.75. The van der Waals surface area contributed by atoms with E-state index in [0.717, 1.165) is 11.8 Å². The van der Waals surface area contributed by atoms with Crippen molar-refractivity contribution in [2.24, 2.45) is 0 Å². The molecule has 0 aliphatic carbocycles. The standard InChI is InChI=1S/C20H19ClF4N4O/c1-11(2)29-9-15(20(23,24)25)28-19(29)13-5-3-12(4-6-13)7-26-17-14(10-30)8-27-18(21)16(17)22/h3-6,8-9,11,30H,7,10H2,1-2H3,(H,26,27). The van der Waals surface area contributed by atoms with Crippen LogP contribution in [-0.4, -0.2) is 19.6 Å². The molecule has 0 saturated heterocycles. The third-order valence-electron chi connectivity index (χ3n) is 4.49. The summed E-state index contributed by atoms with van der Waals surface area (Å²) in [6, 6.07) is 6.51. The van der Waals surface area contributed by atoms with E-state index >= 15 is 0 Å². The Morgan fingerprint density at radius 2 is 1.87 bits per heavy atom. The molecule has 0 atom stereocenters. The SMILES string of the molecule is CC(C)n1cc(C(F)(F)F)nc1-c1ccc(CNc2c(CO)cnc(Cl)c2F)cc1. The lowest BCUT2D eigenvalue weighted by Gasteiger charge is -2.13. The number of rotatable bonds is 6. The Balaban J connectivity index is 1.83. The molecular formula is C20H19ClF4N4O. The van der Waals surface area contributed by atoms with Gasteiger partial charge in [-0.1, -0.05) is 35.9 Å². The molecule has 160 valence electrons. The van der Waals surface area contributed by atoms with Gasteiger partial charge in [-0.2, -0.15) is 13.2 Å². The number of imidazole rings is 1. The van der Waals surface area contributed by atoms with Crippen LogP contribution in [-0.2, 0) is 19.3 Å². The molecule has 0 fully saturated rings. The van der Waals surface area contributed by atoms with Crippen LogP contribution in [0.4, 0.5) is 23.2 Å². The lowest BCUT2D eigenvalue weighted by atomic mass is 10.1. The highest BCUT2D eigenvalue weighted by Gasteiger charge is 2.35. The Morgan fingerprint density at radius 1 is 1.20 bits per heavy atom. The molecule has 1 aromatic carbocycles. The molecule has 0 bridgehead atoms. The van der Waals surface area contributed by atoms with Gasteiger partial charge >= 0.3 is 6.18 Å². The second-order valence-electron chi connectivity index (χ2n) is 6.92. The highest BCUT2D eigenvalue weighted by atomic mass is 35.5. The summed E-state index contributed by atoms with van der Waals surface area (Å²) in [6.45, 7) is 3.34. The second-order valence-corrected chi connectivity index (χ2v) is 7.28. The van der Waals surface area contributed by atoms with E-state index in [2.05, 4.69) is 15.3 Å². The lowest BCUT2D eigenvalue weighted by Crippen LogP contribution is -2.06. The number of alkyl halides is 3. The third kappa shape index (κ3) is 4.57. The van der Waals surface area contributed by atoms with Gasteiger partial charge in [-0.25, -0.2) is 14.4 Å². The number of nitrogens with zero attached hydrogens (tertiary/aromatic N) is 3. The Bertz CT molecular complexity index is 1030. The molecule has 2 heterocycles. The van der Waals surface area contributed by atoms with Crippen LogP contribution in [0.15, 0.2) is 36.7 Å². The van der Waals surface area contributed by atoms with Gasteiger partial charge < -0.3 is 15.0 Å². The van der Waals surface area contributed by atoms with Crippen molar-refractivity contribution < 1.29 is 22.7 Å². The average Bonchev–Trinajstić information content (AvgIpc) is 3.16. The van der Waals surface area contributed by atoms with Gasteiger partial charge in [0.1, 0.15) is 5.82 Å². The van der Waals surface area contributed by atoms with Gasteiger partial charge in [-0.05, 0) is 19.4 Å². The molecule has 3 aromatic rings. The fourth-order valence-corrected chi connectivity index (χ4v) is 3.05. The van der Waals surface area contributed by atoms with Gasteiger partial charge in [0.25, 0.3) is 0 Å². The lowest BCUT2D eigenvalue weighted by molar-refractivity contribution is -0.140. The number of pyridine rings is 1. The number of aromatic nitrogens is 3. The maximum absolute atomic E-state index is 14.2. The molecule has 3 rings (SSSR count). The predicted molar refractivity (Wildman–Crippen MR) is 106 cm³/mol. The van der Waals surface area contributed by atoms with E-state index in [9.17, 15) is 22.7 Å². The van der Waals surface area contributed by atoms with E-state index in [4.69, 9.17) is 11.6 Å². The summed E-state index contributed by atoms with van der Waals surface area (Å²) in [7, 11) is 0. The minimum absolute atomic E-state index is 0.0479. The van der Waals surface area contributed by atoms with E-state index in [1.54, 1.807) is 38.1 Å². The van der Waals surface area contributed by atoms with Crippen LogP contribution < -0.4 is 5.32 Å². The summed E-state index contributed by atoms with van der Waals surface area (Å²) in [6.07, 6.45) is -2.25. The molecule has 0 aliphatic heterocycles. The minimum Gasteiger partial charge on any atom is -0.392 e. The van der Waals surface area contributed by atoms with Crippen molar-refractivity contribution in [2.75, 3.05) is 5.32 Å². The van der Waals surface area contributed by atoms with Gasteiger partial charge in [-0.3, -0.25) is 0 Å². The second kappa shape index (κ2) is 8.61. The quantitative estimate of drug-likeness (QED) is 0.394. The minimum atomic E-state index is -4.53. The van der Waals surface area contributed by atoms with Crippen molar-refractivity contribution in [3.8, 4) is 11.4 Å². The molecule has 0 spiro atoms. The zero-order chi connectivity index (χ0) is 22.1. The van der Waals surface area contributed by atoms with Crippen LogP contribution >= 0.6 is 11.6 Å². The topological polar surface area (TPSA) is 63.0 Å². The molecule has 0 radical (unpaired) electrons. The molecule has 5 nitrogen and oxygen atoms in total. The molecule has 2 N–H and O–H groups in total. The number of aliphatic hydroxyl groups excluding tert-OH is 1. The van der Waals surface area contributed by atoms with Crippen LogP contribution in [0.5, 0.6) is 0 Å². The summed E-state index contributed by atoms with van der Waals surface area (Å²) in [4.78, 5) is 7.42. The fourth-order valence-electron chi connectivity index (χ4n) is 2.91. The van der Waals surface area contributed by atoms with Crippen molar-refractivity contribution in [2.45, 2.75) is 39.2 Å². The predicted octanol–water partition coefficient (Wildman–Crippen LogP) is 5.44. The Kier molecular flexibility index (Phi) is 6.33. The molecule has 2 aromatic heterocycles. The summed E-state index contributed by atoms with van der Waals surface area (Å²) in [5, 5.41) is 11.9. The summed E-state index contributed by atoms with van der Waals surface area (Å²) < 4.78 is 54.8. The smallest absolute Gasteiger partial charge is 0.392 e. The number of nitrogens with one attached hydrogen (secondary N) is 1. The summed E-state index contributed by atoms with van der Waals surface area (Å²) >= 11 is 5.69. The van der Waals surface area contributed by atoms with Gasteiger partial charge in [-0.15, -0.1) is 0 Å². The number of benzene rings is 1. The fraction of sp³-hybridized carbons (Fsp3) is 0.300. The van der Waals surface area contributed by atoms with Crippen LogP contribution in [0.2, 0.25) is 5.15 Å². The highest BCUT2D eigenvalue weighted by Crippen LogP contribution is 2.32. The Morgan fingerprint density at radius 3 is 2.43 bits per heavy atom. The first-order chi connectivity index (χ1) is 14.1. The van der Waals surface area contributed by atoms with E-state index in [-0.39, 0.29) is 34.8 Å². The van der Waals surface area contributed by atoms with E-state index in [1.165, 1.54) is 10.8 Å². The highest BCUT2D eigenvalue weighted by molar-refractivity contribution is 6.29. The first-order valence-electron chi connectivity index (χ1n) is 9.04. The summed E-state index contributed by atoms with van der Waals surface area (Å²) in [5.41, 5.74) is 0.628. The van der Waals surface area contributed by atoms with Crippen molar-refractivity contribution >= 4 is 17.3 Å². The zero-order valence-corrected chi connectivity index (χ0v) is 16.9. The molecule has 0 aliphatic rings. The average molecular weight is 443 g/mol. The van der Waals surface area contributed by atoms with E-state index in [0.29, 0.717) is 5.56 Å². The van der Waals surface area contributed by atoms with Gasteiger partial charge in [0, 0.05) is 36.1 Å². The zero-order valence-electron chi connectivity index (χ0n) is 16.1. The molecule has 0 amide bonds. The number of aliphatic hydroxyl groups is 1. The number of halogens is 5. The van der Waals surface area contributed by atoms with Gasteiger partial charge in [0.05, 0.1) is 12.3 Å². The maximum Gasteiger partial charge on any atom is 0.434 e. The van der Waals surface area contributed by atoms with Crippen LogP contribution in [0.3, 0.4) is 0 Å². The molecule has 30 heavy (non-hydrogen) atoms. The van der Waals surface area contributed by atoms with Crippen molar-refractivity contribution in [1.29, 1.82) is 0 Å². The Hall–Kier alpha value is -2.65. The van der Waals surface area contributed by atoms with Gasteiger partial charge in [0.2, 0.25) is 0 Å². The van der Waals surface area contributed by atoms with E-state index in [1.807, 2.05) is 0 Å². The first kappa shape index (κ1) is 22.0. The van der Waals surface area contributed by atoms with Crippen molar-refractivity contribution in [1.82, 2.24) is 14.5 Å². The molecule has 0 saturated carbocycles. The van der Waals surface area contributed by atoms with Crippen LogP contribution in [0.25, 0.3) is 11.4 Å². The largest absolute Gasteiger partial charge is 0.434 e. The van der Waals surface area contributed by atoms with Crippen LogP contribution in [0, 0.1) is 5.82 Å². The Labute approximate surface area is 175 Å². The summed E-state index contributed by atoms with van der Waals surface area (Å²) in [5.74, 6) is -0.551. The first-order valence-corrected chi connectivity index (χ1v) is 9.42. The molecule has 10 heteroatoms. The normalized spacial score (nSPS) is 11.9. The van der Waals surface area contributed by atoms with Gasteiger partial charge in [0.15, 0.2) is 16.7 Å². The van der Waals surface area contributed by atoms with Crippen LogP contribution in [0.1, 0.15) is 36.7 Å². The van der Waals surface area contributed by atoms with Crippen molar-refractivity contribution in [3.05, 3.63) is 64.5 Å². The molecular weight excluding hydrogens is 424 g/mol. The number of hydrogen-bond acceptors (Lipinski definition) is 4.